The maximum absolute atomic E-state index is 1.57. The van der Waals surface area contributed by atoms with E-state index in [0.29, 0.717) is 0 Å². The number of halogens is 2. The van der Waals surface area contributed by atoms with E-state index >= 15 is 0 Å². The number of hydrogen-bond donors (Lipinski definition) is 0. The minimum atomic E-state index is 0. The first-order valence-corrected chi connectivity index (χ1v) is 11.7. The van der Waals surface area contributed by atoms with E-state index in [0.717, 1.165) is 11.8 Å². The number of hydrogen-bond acceptors (Lipinski definition) is 0. The molecule has 0 nitrogen and oxygen atoms in total. The molecule has 2 atom stereocenters. The van der Waals surface area contributed by atoms with Crippen molar-refractivity contribution >= 4 is 51.1 Å². The topological polar surface area (TPSA) is 0 Å². The van der Waals surface area contributed by atoms with Gasteiger partial charge in [0.1, 0.15) is 0 Å². The van der Waals surface area contributed by atoms with Crippen LogP contribution in [0.3, 0.4) is 0 Å². The SMILES string of the molecule is Br.Br.C1CCC(CCPCPCCC2CCCCC2)CC1. The minimum absolute atomic E-state index is 0. The fraction of sp³-hybridized carbons (Fsp3) is 1.00. The minimum Gasteiger partial charge on any atom is -0.118 e. The van der Waals surface area contributed by atoms with E-state index in [1.54, 1.807) is 56.8 Å². The summed E-state index contributed by atoms with van der Waals surface area (Å²) in [5, 5.41) is 0. The lowest BCUT2D eigenvalue weighted by atomic mass is 9.88. The van der Waals surface area contributed by atoms with Gasteiger partial charge in [-0.1, -0.05) is 64.2 Å². The summed E-state index contributed by atoms with van der Waals surface area (Å²) in [4.78, 5) is 0. The van der Waals surface area contributed by atoms with E-state index in [-0.39, 0.29) is 34.0 Å². The van der Waals surface area contributed by atoms with Crippen LogP contribution < -0.4 is 0 Å². The van der Waals surface area contributed by atoms with Gasteiger partial charge in [0.2, 0.25) is 0 Å². The molecular weight excluding hydrogens is 426 g/mol. The van der Waals surface area contributed by atoms with Crippen LogP contribution in [0.5, 0.6) is 0 Å². The highest BCUT2D eigenvalue weighted by molar-refractivity contribution is 8.93. The molecule has 2 saturated carbocycles. The van der Waals surface area contributed by atoms with Crippen molar-refractivity contribution in [3.63, 3.8) is 0 Å². The van der Waals surface area contributed by atoms with Gasteiger partial charge >= 0.3 is 0 Å². The molecule has 2 fully saturated rings. The van der Waals surface area contributed by atoms with Crippen LogP contribution in [-0.4, -0.2) is 18.2 Å². The Bertz CT molecular complexity index is 193. The van der Waals surface area contributed by atoms with E-state index in [1.807, 2.05) is 0 Å². The van der Waals surface area contributed by atoms with Gasteiger partial charge in [-0.25, -0.2) is 0 Å². The zero-order valence-corrected chi connectivity index (χ0v) is 19.0. The molecule has 0 aromatic rings. The second-order valence-electron chi connectivity index (χ2n) is 6.76. The summed E-state index contributed by atoms with van der Waals surface area (Å²) < 4.78 is 0. The van der Waals surface area contributed by atoms with E-state index in [9.17, 15) is 0 Å². The fourth-order valence-corrected chi connectivity index (χ4v) is 7.18. The molecule has 4 heteroatoms. The molecule has 0 aliphatic heterocycles. The summed E-state index contributed by atoms with van der Waals surface area (Å²) in [6.07, 6.45) is 21.6. The first kappa shape index (κ1) is 22.8. The molecule has 2 rings (SSSR count). The fourth-order valence-electron chi connectivity index (χ4n) is 3.83. The van der Waals surface area contributed by atoms with E-state index < -0.39 is 0 Å². The lowest BCUT2D eigenvalue weighted by Crippen LogP contribution is -2.07. The normalized spacial score (nSPS) is 21.7. The van der Waals surface area contributed by atoms with Crippen LogP contribution in [0.15, 0.2) is 0 Å². The summed E-state index contributed by atoms with van der Waals surface area (Å²) in [7, 11) is 2.58. The first-order chi connectivity index (χ1) is 9.45. The van der Waals surface area contributed by atoms with Crippen molar-refractivity contribution in [2.24, 2.45) is 11.8 Å². The maximum Gasteiger partial charge on any atom is -0.0175 e. The average Bonchev–Trinajstić information content (AvgIpc) is 2.48. The Morgan fingerprint density at radius 3 is 1.33 bits per heavy atom. The van der Waals surface area contributed by atoms with Crippen LogP contribution in [-0.2, 0) is 0 Å². The molecular formula is C17H36Br2P2. The first-order valence-electron chi connectivity index (χ1n) is 8.86. The molecule has 2 aliphatic rings. The molecule has 0 spiro atoms. The molecule has 0 radical (unpaired) electrons. The Morgan fingerprint density at radius 2 is 0.952 bits per heavy atom. The summed E-state index contributed by atoms with van der Waals surface area (Å²) in [5.41, 5.74) is 0. The van der Waals surface area contributed by atoms with Gasteiger partial charge in [0.15, 0.2) is 0 Å². The van der Waals surface area contributed by atoms with Gasteiger partial charge in [-0.15, -0.1) is 51.1 Å². The van der Waals surface area contributed by atoms with Crippen molar-refractivity contribution in [2.45, 2.75) is 77.0 Å². The molecule has 0 amide bonds. The second kappa shape index (κ2) is 15.4. The van der Waals surface area contributed by atoms with Gasteiger partial charge in [0.05, 0.1) is 0 Å². The smallest absolute Gasteiger partial charge is 0.0175 e. The lowest BCUT2D eigenvalue weighted by molar-refractivity contribution is 0.351. The van der Waals surface area contributed by atoms with Crippen LogP contribution >= 0.6 is 51.1 Å². The Kier molecular flexibility index (Phi) is 16.7. The maximum atomic E-state index is 1.57. The highest BCUT2D eigenvalue weighted by Gasteiger charge is 2.13. The third-order valence-electron chi connectivity index (χ3n) is 5.16. The van der Waals surface area contributed by atoms with Gasteiger partial charge in [0, 0.05) is 0 Å². The summed E-state index contributed by atoms with van der Waals surface area (Å²) in [6.45, 7) is 0. The summed E-state index contributed by atoms with van der Waals surface area (Å²) in [5.74, 6) is 3.80. The highest BCUT2D eigenvalue weighted by Crippen LogP contribution is 2.33. The molecule has 0 N–H and O–H groups in total. The molecule has 0 aromatic carbocycles. The Labute approximate surface area is 157 Å². The van der Waals surface area contributed by atoms with Crippen molar-refractivity contribution in [3.8, 4) is 0 Å². The van der Waals surface area contributed by atoms with E-state index in [1.165, 1.54) is 55.7 Å². The van der Waals surface area contributed by atoms with Crippen molar-refractivity contribution < 1.29 is 0 Å². The Morgan fingerprint density at radius 1 is 0.571 bits per heavy atom. The zero-order valence-electron chi connectivity index (χ0n) is 13.6. The van der Waals surface area contributed by atoms with Crippen molar-refractivity contribution in [3.05, 3.63) is 0 Å². The summed E-state index contributed by atoms with van der Waals surface area (Å²) in [6, 6.07) is 0. The van der Waals surface area contributed by atoms with E-state index in [4.69, 9.17) is 0 Å². The highest BCUT2D eigenvalue weighted by atomic mass is 79.9. The molecule has 128 valence electrons. The molecule has 2 aliphatic carbocycles. The molecule has 0 heterocycles. The molecule has 2 unspecified atom stereocenters. The van der Waals surface area contributed by atoms with Crippen LogP contribution in [0.4, 0.5) is 0 Å². The van der Waals surface area contributed by atoms with Gasteiger partial charge < -0.3 is 0 Å². The molecule has 21 heavy (non-hydrogen) atoms. The van der Waals surface area contributed by atoms with Crippen LogP contribution in [0, 0.1) is 11.8 Å². The Hall–Kier alpha value is 1.82. The van der Waals surface area contributed by atoms with Gasteiger partial charge in [-0.3, -0.25) is 0 Å². The molecule has 0 bridgehead atoms. The van der Waals surface area contributed by atoms with Crippen LogP contribution in [0.25, 0.3) is 0 Å². The molecule has 0 aromatic heterocycles. The third-order valence-corrected chi connectivity index (χ3v) is 8.44. The molecule has 0 saturated heterocycles. The standard InChI is InChI=1S/C17H34P2.2BrH/c1-3-7-16(8-4-1)11-13-18-15-19-14-12-17-9-5-2-6-10-17;;/h16-19H,1-15H2;2*1H. The summed E-state index contributed by atoms with van der Waals surface area (Å²) >= 11 is 0. The number of rotatable bonds is 8. The van der Waals surface area contributed by atoms with Gasteiger partial charge in [-0.2, -0.15) is 0 Å². The monoisotopic (exact) mass is 460 g/mol. The zero-order chi connectivity index (χ0) is 13.2. The third kappa shape index (κ3) is 11.1. The predicted octanol–water partition coefficient (Wildman–Crippen LogP) is 7.40. The predicted molar refractivity (Wildman–Crippen MR) is 114 cm³/mol. The van der Waals surface area contributed by atoms with Crippen molar-refractivity contribution in [1.29, 1.82) is 0 Å². The quantitative estimate of drug-likeness (QED) is 0.261. The van der Waals surface area contributed by atoms with E-state index in [2.05, 4.69) is 0 Å². The van der Waals surface area contributed by atoms with Crippen LogP contribution in [0.2, 0.25) is 0 Å². The lowest BCUT2D eigenvalue weighted by Gasteiger charge is -2.21. The largest absolute Gasteiger partial charge is 0.118 e. The van der Waals surface area contributed by atoms with Gasteiger partial charge in [0.25, 0.3) is 0 Å². The second-order valence-corrected chi connectivity index (χ2v) is 10.2. The Balaban J connectivity index is 0.00000200. The van der Waals surface area contributed by atoms with Crippen molar-refractivity contribution in [2.75, 3.05) is 18.2 Å². The van der Waals surface area contributed by atoms with Crippen LogP contribution in [0.1, 0.15) is 77.0 Å². The van der Waals surface area contributed by atoms with Crippen molar-refractivity contribution in [1.82, 2.24) is 0 Å². The average molecular weight is 462 g/mol. The van der Waals surface area contributed by atoms with Gasteiger partial charge in [-0.05, 0) is 42.9 Å².